The van der Waals surface area contributed by atoms with Crippen molar-refractivity contribution in [1.82, 2.24) is 4.90 Å². The molecule has 0 radical (unpaired) electrons. The van der Waals surface area contributed by atoms with Crippen molar-refractivity contribution in [1.29, 1.82) is 0 Å². The lowest BCUT2D eigenvalue weighted by Crippen LogP contribution is -2.39. The van der Waals surface area contributed by atoms with Crippen LogP contribution in [0.2, 0.25) is 0 Å². The lowest BCUT2D eigenvalue weighted by atomic mass is 10.1. The third-order valence-electron chi connectivity index (χ3n) is 3.24. The molecule has 1 aliphatic heterocycles. The van der Waals surface area contributed by atoms with Gasteiger partial charge in [-0.2, -0.15) is 0 Å². The van der Waals surface area contributed by atoms with E-state index in [-0.39, 0.29) is 12.0 Å². The van der Waals surface area contributed by atoms with Crippen molar-refractivity contribution in [3.05, 3.63) is 21.9 Å². The molecule has 0 saturated carbocycles. The molecule has 106 valence electrons. The van der Waals surface area contributed by atoms with E-state index >= 15 is 0 Å². The van der Waals surface area contributed by atoms with Gasteiger partial charge in [0.1, 0.15) is 0 Å². The third-order valence-corrected chi connectivity index (χ3v) is 4.34. The molecule has 1 aromatic rings. The average Bonchev–Trinajstić information content (AvgIpc) is 2.84. The summed E-state index contributed by atoms with van der Waals surface area (Å²) in [5, 5.41) is 0. The number of ether oxygens (including phenoxy) is 2. The Bertz CT molecular complexity index is 413. The fraction of sp³-hybridized carbons (Fsp3) is 0.643. The van der Waals surface area contributed by atoms with Gasteiger partial charge in [-0.05, 0) is 26.0 Å². The number of morpholine rings is 1. The highest BCUT2D eigenvalue weighted by atomic mass is 32.1. The standard InChI is InChI=1S/C14H21NO3S/c1-3-18-14(16)10-12(13-5-4-11(2)19-13)15-6-8-17-9-7-15/h4-5,12H,3,6-10H2,1-2H3. The molecule has 1 aromatic heterocycles. The normalized spacial score (nSPS) is 18.2. The maximum absolute atomic E-state index is 11.8. The van der Waals surface area contributed by atoms with Gasteiger partial charge in [-0.25, -0.2) is 0 Å². The minimum atomic E-state index is -0.120. The van der Waals surface area contributed by atoms with Crippen molar-refractivity contribution in [2.75, 3.05) is 32.9 Å². The Morgan fingerprint density at radius 1 is 1.47 bits per heavy atom. The first-order valence-corrected chi connectivity index (χ1v) is 7.56. The summed E-state index contributed by atoms with van der Waals surface area (Å²) in [6, 6.07) is 4.36. The highest BCUT2D eigenvalue weighted by molar-refractivity contribution is 7.12. The molecule has 0 N–H and O–H groups in total. The summed E-state index contributed by atoms with van der Waals surface area (Å²) in [5.41, 5.74) is 0. The smallest absolute Gasteiger partial charge is 0.307 e. The summed E-state index contributed by atoms with van der Waals surface area (Å²) in [7, 11) is 0. The largest absolute Gasteiger partial charge is 0.466 e. The second-order valence-corrected chi connectivity index (χ2v) is 5.94. The molecule has 1 atom stereocenters. The van der Waals surface area contributed by atoms with Crippen LogP contribution in [0.3, 0.4) is 0 Å². The van der Waals surface area contributed by atoms with Crippen LogP contribution in [-0.4, -0.2) is 43.8 Å². The van der Waals surface area contributed by atoms with Crippen molar-refractivity contribution >= 4 is 17.3 Å². The molecule has 1 fully saturated rings. The van der Waals surface area contributed by atoms with Crippen molar-refractivity contribution in [2.45, 2.75) is 26.3 Å². The molecule has 2 heterocycles. The number of hydrogen-bond acceptors (Lipinski definition) is 5. The van der Waals surface area contributed by atoms with E-state index in [0.717, 1.165) is 26.3 Å². The van der Waals surface area contributed by atoms with Crippen LogP contribution in [0.4, 0.5) is 0 Å². The van der Waals surface area contributed by atoms with Gasteiger partial charge in [0, 0.05) is 22.8 Å². The summed E-state index contributed by atoms with van der Waals surface area (Å²) >= 11 is 1.76. The number of thiophene rings is 1. The van der Waals surface area contributed by atoms with Crippen molar-refractivity contribution in [2.24, 2.45) is 0 Å². The molecule has 0 aliphatic carbocycles. The molecule has 1 aliphatic rings. The molecule has 5 heteroatoms. The molecule has 0 aromatic carbocycles. The minimum absolute atomic E-state index is 0.120. The highest BCUT2D eigenvalue weighted by Gasteiger charge is 2.26. The van der Waals surface area contributed by atoms with Crippen molar-refractivity contribution in [3.63, 3.8) is 0 Å². The van der Waals surface area contributed by atoms with E-state index in [2.05, 4.69) is 24.0 Å². The molecule has 19 heavy (non-hydrogen) atoms. The van der Waals surface area contributed by atoms with Gasteiger partial charge in [0.05, 0.1) is 32.3 Å². The van der Waals surface area contributed by atoms with Gasteiger partial charge in [0.2, 0.25) is 0 Å². The second-order valence-electron chi connectivity index (χ2n) is 4.62. The predicted molar refractivity (Wildman–Crippen MR) is 75.4 cm³/mol. The van der Waals surface area contributed by atoms with Gasteiger partial charge >= 0.3 is 5.97 Å². The number of aryl methyl sites for hydroxylation is 1. The Labute approximate surface area is 118 Å². The number of rotatable bonds is 5. The first-order chi connectivity index (χ1) is 9.20. The number of esters is 1. The minimum Gasteiger partial charge on any atom is -0.466 e. The predicted octanol–water partition coefficient (Wildman–Crippen LogP) is 2.38. The van der Waals surface area contributed by atoms with E-state index in [1.807, 2.05) is 6.92 Å². The molecule has 2 rings (SSSR count). The van der Waals surface area contributed by atoms with Crippen LogP contribution in [0.1, 0.15) is 29.1 Å². The van der Waals surface area contributed by atoms with Crippen LogP contribution in [0.25, 0.3) is 0 Å². The maximum atomic E-state index is 11.8. The molecule has 0 amide bonds. The lowest BCUT2D eigenvalue weighted by molar-refractivity contribution is -0.145. The molecule has 4 nitrogen and oxygen atoms in total. The van der Waals surface area contributed by atoms with Crippen LogP contribution in [-0.2, 0) is 14.3 Å². The van der Waals surface area contributed by atoms with Crippen LogP contribution >= 0.6 is 11.3 Å². The van der Waals surface area contributed by atoms with Crippen LogP contribution in [0.5, 0.6) is 0 Å². The van der Waals surface area contributed by atoms with E-state index in [0.29, 0.717) is 13.0 Å². The highest BCUT2D eigenvalue weighted by Crippen LogP contribution is 2.31. The zero-order chi connectivity index (χ0) is 13.7. The quantitative estimate of drug-likeness (QED) is 0.778. The summed E-state index contributed by atoms with van der Waals surface area (Å²) in [4.78, 5) is 16.6. The second kappa shape index (κ2) is 7.03. The van der Waals surface area contributed by atoms with Gasteiger partial charge in [-0.1, -0.05) is 0 Å². The maximum Gasteiger partial charge on any atom is 0.307 e. The van der Waals surface area contributed by atoms with Crippen molar-refractivity contribution in [3.8, 4) is 0 Å². The van der Waals surface area contributed by atoms with Crippen molar-refractivity contribution < 1.29 is 14.3 Å². The fourth-order valence-electron chi connectivity index (χ4n) is 2.31. The number of nitrogens with zero attached hydrogens (tertiary/aromatic N) is 1. The summed E-state index contributed by atoms with van der Waals surface area (Å²) in [6.07, 6.45) is 0.424. The van der Waals surface area contributed by atoms with Gasteiger partial charge < -0.3 is 9.47 Å². The number of hydrogen-bond donors (Lipinski definition) is 0. The molecular weight excluding hydrogens is 262 g/mol. The van der Waals surface area contributed by atoms with E-state index in [4.69, 9.17) is 9.47 Å². The zero-order valence-electron chi connectivity index (χ0n) is 11.6. The SMILES string of the molecule is CCOC(=O)CC(c1ccc(C)s1)N1CCOCC1. The Morgan fingerprint density at radius 3 is 2.79 bits per heavy atom. The third kappa shape index (κ3) is 4.03. The Morgan fingerprint density at radius 2 is 2.21 bits per heavy atom. The Balaban J connectivity index is 2.10. The Hall–Kier alpha value is -0.910. The number of carbonyl (C=O) groups is 1. The molecule has 0 bridgehead atoms. The first-order valence-electron chi connectivity index (χ1n) is 6.74. The van der Waals surface area contributed by atoms with E-state index in [1.54, 1.807) is 11.3 Å². The Kier molecular flexibility index (Phi) is 5.36. The number of carbonyl (C=O) groups excluding carboxylic acids is 1. The topological polar surface area (TPSA) is 38.8 Å². The molecule has 1 saturated heterocycles. The van der Waals surface area contributed by atoms with Gasteiger partial charge in [0.15, 0.2) is 0 Å². The molecular formula is C14H21NO3S. The van der Waals surface area contributed by atoms with Gasteiger partial charge in [-0.3, -0.25) is 9.69 Å². The van der Waals surface area contributed by atoms with Crippen LogP contribution < -0.4 is 0 Å². The molecule has 0 spiro atoms. The monoisotopic (exact) mass is 283 g/mol. The average molecular weight is 283 g/mol. The van der Waals surface area contributed by atoms with Gasteiger partial charge in [0.25, 0.3) is 0 Å². The first kappa shape index (κ1) is 14.5. The fourth-order valence-corrected chi connectivity index (χ4v) is 3.32. The summed E-state index contributed by atoms with van der Waals surface area (Å²) in [6.45, 7) is 7.61. The van der Waals surface area contributed by atoms with E-state index in [9.17, 15) is 4.79 Å². The van der Waals surface area contributed by atoms with E-state index in [1.165, 1.54) is 9.75 Å². The molecule has 1 unspecified atom stereocenters. The zero-order valence-corrected chi connectivity index (χ0v) is 12.4. The lowest BCUT2D eigenvalue weighted by Gasteiger charge is -2.33. The summed E-state index contributed by atoms with van der Waals surface area (Å²) < 4.78 is 10.5. The van der Waals surface area contributed by atoms with Crippen LogP contribution in [0.15, 0.2) is 12.1 Å². The van der Waals surface area contributed by atoms with Gasteiger partial charge in [-0.15, -0.1) is 11.3 Å². The van der Waals surface area contributed by atoms with E-state index < -0.39 is 0 Å². The van der Waals surface area contributed by atoms with Crippen LogP contribution in [0, 0.1) is 6.92 Å². The summed E-state index contributed by atoms with van der Waals surface area (Å²) in [5.74, 6) is -0.120.